The summed E-state index contributed by atoms with van der Waals surface area (Å²) in [7, 11) is 0. The van der Waals surface area contributed by atoms with E-state index in [1.54, 1.807) is 37.5 Å². The molecule has 3 aromatic carbocycles. The first-order chi connectivity index (χ1) is 15.1. The minimum absolute atomic E-state index is 0.346. The van der Waals surface area contributed by atoms with Crippen molar-refractivity contribution in [3.63, 3.8) is 0 Å². The summed E-state index contributed by atoms with van der Waals surface area (Å²) < 4.78 is 10.8. The first-order valence-electron chi connectivity index (χ1n) is 9.97. The Bertz CT molecular complexity index is 1200. The fourth-order valence-electron chi connectivity index (χ4n) is 3.26. The SMILES string of the molecule is CC(OC(=O)c1ccccc1NCc1ccco1)C(=O)Nc1cccc2ccccc12. The number of ether oxygens (including phenoxy) is 1. The monoisotopic (exact) mass is 414 g/mol. The number of carbonyl (C=O) groups is 2. The quantitative estimate of drug-likeness (QED) is 0.405. The predicted molar refractivity (Wildman–Crippen MR) is 120 cm³/mol. The van der Waals surface area contributed by atoms with E-state index < -0.39 is 18.0 Å². The molecule has 1 amide bonds. The summed E-state index contributed by atoms with van der Waals surface area (Å²) in [5.74, 6) is -0.236. The number of furan rings is 1. The van der Waals surface area contributed by atoms with E-state index >= 15 is 0 Å². The maximum Gasteiger partial charge on any atom is 0.341 e. The number of carbonyl (C=O) groups excluding carboxylic acids is 2. The zero-order valence-electron chi connectivity index (χ0n) is 17.0. The Morgan fingerprint density at radius 2 is 1.65 bits per heavy atom. The van der Waals surface area contributed by atoms with Gasteiger partial charge in [0.25, 0.3) is 5.91 Å². The Morgan fingerprint density at radius 3 is 2.48 bits per heavy atom. The summed E-state index contributed by atoms with van der Waals surface area (Å²) in [5.41, 5.74) is 1.62. The van der Waals surface area contributed by atoms with Crippen molar-refractivity contribution >= 4 is 34.0 Å². The number of anilines is 2. The Balaban J connectivity index is 1.43. The summed E-state index contributed by atoms with van der Waals surface area (Å²) in [4.78, 5) is 25.4. The standard InChI is InChI=1S/C25H22N2O4/c1-17(24(28)27-23-14-6-9-18-8-2-3-11-20(18)23)31-25(29)21-12-4-5-13-22(21)26-16-19-10-7-15-30-19/h2-15,17,26H,16H2,1H3,(H,27,28). The van der Waals surface area contributed by atoms with E-state index in [1.165, 1.54) is 0 Å². The van der Waals surface area contributed by atoms with Gasteiger partial charge in [0.1, 0.15) is 5.76 Å². The molecule has 0 fully saturated rings. The van der Waals surface area contributed by atoms with Crippen LogP contribution in [0.2, 0.25) is 0 Å². The van der Waals surface area contributed by atoms with Crippen molar-refractivity contribution in [2.45, 2.75) is 19.6 Å². The van der Waals surface area contributed by atoms with Crippen molar-refractivity contribution in [2.24, 2.45) is 0 Å². The molecular weight excluding hydrogens is 392 g/mol. The molecule has 0 saturated heterocycles. The Hall–Kier alpha value is -4.06. The number of hydrogen-bond acceptors (Lipinski definition) is 5. The van der Waals surface area contributed by atoms with Gasteiger partial charge in [-0.05, 0) is 42.6 Å². The van der Waals surface area contributed by atoms with E-state index in [1.807, 2.05) is 54.6 Å². The maximum atomic E-state index is 12.7. The van der Waals surface area contributed by atoms with Crippen molar-refractivity contribution in [1.29, 1.82) is 0 Å². The van der Waals surface area contributed by atoms with Gasteiger partial charge in [0, 0.05) is 16.8 Å². The second-order valence-corrected chi connectivity index (χ2v) is 7.04. The molecule has 0 saturated carbocycles. The average Bonchev–Trinajstić information content (AvgIpc) is 3.32. The topological polar surface area (TPSA) is 80.6 Å². The second-order valence-electron chi connectivity index (χ2n) is 7.04. The number of nitrogens with one attached hydrogen (secondary N) is 2. The zero-order chi connectivity index (χ0) is 21.6. The van der Waals surface area contributed by atoms with Crippen LogP contribution in [0.3, 0.4) is 0 Å². The van der Waals surface area contributed by atoms with Gasteiger partial charge < -0.3 is 19.8 Å². The lowest BCUT2D eigenvalue weighted by Crippen LogP contribution is -2.30. The molecule has 156 valence electrons. The van der Waals surface area contributed by atoms with Gasteiger partial charge in [-0.3, -0.25) is 4.79 Å². The Morgan fingerprint density at radius 1 is 0.903 bits per heavy atom. The number of fused-ring (bicyclic) bond motifs is 1. The van der Waals surface area contributed by atoms with E-state index in [9.17, 15) is 9.59 Å². The molecule has 31 heavy (non-hydrogen) atoms. The lowest BCUT2D eigenvalue weighted by atomic mass is 10.1. The highest BCUT2D eigenvalue weighted by atomic mass is 16.5. The molecule has 6 nitrogen and oxygen atoms in total. The lowest BCUT2D eigenvalue weighted by molar-refractivity contribution is -0.123. The first kappa shape index (κ1) is 20.2. The van der Waals surface area contributed by atoms with E-state index in [-0.39, 0.29) is 0 Å². The van der Waals surface area contributed by atoms with Gasteiger partial charge in [0.05, 0.1) is 18.4 Å². The summed E-state index contributed by atoms with van der Waals surface area (Å²) in [6.45, 7) is 1.98. The Labute approximate surface area is 179 Å². The van der Waals surface area contributed by atoms with E-state index in [0.29, 0.717) is 23.5 Å². The molecule has 4 rings (SSSR count). The first-order valence-corrected chi connectivity index (χ1v) is 9.97. The third kappa shape index (κ3) is 4.75. The van der Waals surface area contributed by atoms with Crippen LogP contribution in [0.5, 0.6) is 0 Å². The molecular formula is C25H22N2O4. The van der Waals surface area contributed by atoms with Crippen LogP contribution >= 0.6 is 0 Å². The molecule has 0 radical (unpaired) electrons. The highest BCUT2D eigenvalue weighted by Gasteiger charge is 2.21. The minimum atomic E-state index is -0.968. The van der Waals surface area contributed by atoms with Crippen molar-refractivity contribution < 1.29 is 18.7 Å². The van der Waals surface area contributed by atoms with Crippen LogP contribution < -0.4 is 10.6 Å². The fourth-order valence-corrected chi connectivity index (χ4v) is 3.26. The highest BCUT2D eigenvalue weighted by Crippen LogP contribution is 2.23. The number of amides is 1. The number of esters is 1. The molecule has 1 aromatic heterocycles. The molecule has 1 atom stereocenters. The van der Waals surface area contributed by atoms with Crippen LogP contribution in [0.1, 0.15) is 23.0 Å². The average molecular weight is 414 g/mol. The summed E-state index contributed by atoms with van der Waals surface area (Å²) in [6.07, 6.45) is 0.623. The molecule has 1 unspecified atom stereocenters. The van der Waals surface area contributed by atoms with Gasteiger partial charge in [-0.1, -0.05) is 48.5 Å². The fraction of sp³-hybridized carbons (Fsp3) is 0.120. The smallest absolute Gasteiger partial charge is 0.341 e. The number of benzene rings is 3. The van der Waals surface area contributed by atoms with E-state index in [2.05, 4.69) is 10.6 Å². The van der Waals surface area contributed by atoms with Crippen molar-refractivity contribution in [3.8, 4) is 0 Å². The Kier molecular flexibility index (Phi) is 5.98. The van der Waals surface area contributed by atoms with Gasteiger partial charge in [0.2, 0.25) is 0 Å². The predicted octanol–water partition coefficient (Wildman–Crippen LogP) is 5.23. The third-order valence-electron chi connectivity index (χ3n) is 4.88. The van der Waals surface area contributed by atoms with Crippen LogP contribution in [0, 0.1) is 0 Å². The summed E-state index contributed by atoms with van der Waals surface area (Å²) in [5, 5.41) is 7.96. The van der Waals surface area contributed by atoms with Gasteiger partial charge in [-0.2, -0.15) is 0 Å². The van der Waals surface area contributed by atoms with Crippen molar-refractivity contribution in [1.82, 2.24) is 0 Å². The minimum Gasteiger partial charge on any atom is -0.467 e. The lowest BCUT2D eigenvalue weighted by Gasteiger charge is -2.16. The highest BCUT2D eigenvalue weighted by molar-refractivity contribution is 6.04. The number of para-hydroxylation sites is 1. The third-order valence-corrected chi connectivity index (χ3v) is 4.88. The van der Waals surface area contributed by atoms with Crippen molar-refractivity contribution in [3.05, 3.63) is 96.4 Å². The van der Waals surface area contributed by atoms with Gasteiger partial charge in [0.15, 0.2) is 6.10 Å². The normalized spacial score (nSPS) is 11.6. The molecule has 0 spiro atoms. The molecule has 0 aliphatic heterocycles. The van der Waals surface area contributed by atoms with Crippen LogP contribution in [-0.2, 0) is 16.1 Å². The van der Waals surface area contributed by atoms with Crippen LogP contribution in [0.4, 0.5) is 11.4 Å². The van der Waals surface area contributed by atoms with Gasteiger partial charge in [-0.15, -0.1) is 0 Å². The number of rotatable bonds is 7. The van der Waals surface area contributed by atoms with Crippen molar-refractivity contribution in [2.75, 3.05) is 10.6 Å². The van der Waals surface area contributed by atoms with Crippen LogP contribution in [0.25, 0.3) is 10.8 Å². The second kappa shape index (κ2) is 9.17. The maximum absolute atomic E-state index is 12.7. The molecule has 6 heteroatoms. The van der Waals surface area contributed by atoms with Gasteiger partial charge in [-0.25, -0.2) is 4.79 Å². The molecule has 0 bridgehead atoms. The summed E-state index contributed by atoms with van der Waals surface area (Å²) >= 11 is 0. The molecule has 0 aliphatic rings. The number of hydrogen-bond donors (Lipinski definition) is 2. The molecule has 2 N–H and O–H groups in total. The molecule has 0 aliphatic carbocycles. The zero-order valence-corrected chi connectivity index (χ0v) is 17.0. The molecule has 4 aromatic rings. The van der Waals surface area contributed by atoms with Crippen LogP contribution in [-0.4, -0.2) is 18.0 Å². The summed E-state index contributed by atoms with van der Waals surface area (Å²) in [6, 6.07) is 24.1. The van der Waals surface area contributed by atoms with E-state index in [4.69, 9.17) is 9.15 Å². The molecule has 1 heterocycles. The van der Waals surface area contributed by atoms with Crippen LogP contribution in [0.15, 0.2) is 89.5 Å². The van der Waals surface area contributed by atoms with E-state index in [0.717, 1.165) is 16.5 Å². The largest absolute Gasteiger partial charge is 0.467 e. The van der Waals surface area contributed by atoms with Gasteiger partial charge >= 0.3 is 5.97 Å².